The molecule has 4 heteroatoms. The lowest BCUT2D eigenvalue weighted by Crippen LogP contribution is -2.41. The molecule has 1 aliphatic rings. The van der Waals surface area contributed by atoms with E-state index in [9.17, 15) is 5.11 Å². The smallest absolute Gasteiger partial charge is 0.129 e. The number of hydrogen-bond acceptors (Lipinski definition) is 4. The summed E-state index contributed by atoms with van der Waals surface area (Å²) in [5.41, 5.74) is 1.93. The molecule has 1 N–H and O–H groups in total. The average molecular weight is 252 g/mol. The number of aromatic nitrogens is 1. The standard InChI is InChI=1S/C13H20N2OS/c1-9-4-12(8-16)5-13(14-9)15-6-10(2)17-11(3)7-15/h4-5,10-11,16H,6-8H2,1-3H3. The van der Waals surface area contributed by atoms with Gasteiger partial charge in [-0.2, -0.15) is 11.8 Å². The minimum Gasteiger partial charge on any atom is -0.392 e. The third-order valence-electron chi connectivity index (χ3n) is 2.93. The van der Waals surface area contributed by atoms with Crippen LogP contribution >= 0.6 is 11.8 Å². The maximum absolute atomic E-state index is 9.24. The third-order valence-corrected chi connectivity index (χ3v) is 4.15. The van der Waals surface area contributed by atoms with Gasteiger partial charge in [0.05, 0.1) is 6.61 Å². The molecule has 2 rings (SSSR count). The Morgan fingerprint density at radius 3 is 2.59 bits per heavy atom. The van der Waals surface area contributed by atoms with Gasteiger partial charge in [-0.25, -0.2) is 4.98 Å². The van der Waals surface area contributed by atoms with Gasteiger partial charge in [-0.3, -0.25) is 0 Å². The third kappa shape index (κ3) is 3.13. The number of hydrogen-bond donors (Lipinski definition) is 1. The number of anilines is 1. The molecule has 2 unspecified atom stereocenters. The summed E-state index contributed by atoms with van der Waals surface area (Å²) < 4.78 is 0. The van der Waals surface area contributed by atoms with E-state index in [4.69, 9.17) is 0 Å². The van der Waals surface area contributed by atoms with E-state index in [0.29, 0.717) is 10.5 Å². The summed E-state index contributed by atoms with van der Waals surface area (Å²) in [6.07, 6.45) is 0. The fraction of sp³-hybridized carbons (Fsp3) is 0.615. The molecule has 1 aliphatic heterocycles. The van der Waals surface area contributed by atoms with E-state index in [2.05, 4.69) is 23.7 Å². The maximum Gasteiger partial charge on any atom is 0.129 e. The van der Waals surface area contributed by atoms with Crippen LogP contribution in [0, 0.1) is 6.92 Å². The quantitative estimate of drug-likeness (QED) is 0.875. The predicted molar refractivity (Wildman–Crippen MR) is 73.6 cm³/mol. The molecule has 0 radical (unpaired) electrons. The first kappa shape index (κ1) is 12.7. The van der Waals surface area contributed by atoms with Gasteiger partial charge < -0.3 is 10.0 Å². The van der Waals surface area contributed by atoms with Crippen molar-refractivity contribution in [3.8, 4) is 0 Å². The van der Waals surface area contributed by atoms with Crippen LogP contribution in [0.25, 0.3) is 0 Å². The highest BCUT2D eigenvalue weighted by Gasteiger charge is 2.23. The van der Waals surface area contributed by atoms with Crippen molar-refractivity contribution in [2.45, 2.75) is 37.9 Å². The Kier molecular flexibility index (Phi) is 3.94. The van der Waals surface area contributed by atoms with E-state index >= 15 is 0 Å². The van der Waals surface area contributed by atoms with Gasteiger partial charge in [-0.1, -0.05) is 13.8 Å². The Morgan fingerprint density at radius 1 is 1.35 bits per heavy atom. The molecule has 0 bridgehead atoms. The molecule has 2 heterocycles. The zero-order chi connectivity index (χ0) is 12.4. The van der Waals surface area contributed by atoms with Crippen LogP contribution in [0.2, 0.25) is 0 Å². The summed E-state index contributed by atoms with van der Waals surface area (Å²) in [5.74, 6) is 1.01. The van der Waals surface area contributed by atoms with Gasteiger partial charge in [0.1, 0.15) is 5.82 Å². The van der Waals surface area contributed by atoms with Gasteiger partial charge in [0.2, 0.25) is 0 Å². The van der Waals surface area contributed by atoms with Crippen molar-refractivity contribution < 1.29 is 5.11 Å². The topological polar surface area (TPSA) is 36.4 Å². The maximum atomic E-state index is 9.24. The van der Waals surface area contributed by atoms with Crippen LogP contribution in [0.3, 0.4) is 0 Å². The van der Waals surface area contributed by atoms with Crippen molar-refractivity contribution in [1.82, 2.24) is 4.98 Å². The van der Waals surface area contributed by atoms with E-state index < -0.39 is 0 Å². The Hall–Kier alpha value is -0.740. The molecule has 94 valence electrons. The number of thioether (sulfide) groups is 1. The normalized spacial score (nSPS) is 25.1. The summed E-state index contributed by atoms with van der Waals surface area (Å²) in [6.45, 7) is 8.66. The Bertz CT molecular complexity index is 387. The molecule has 0 spiro atoms. The Balaban J connectivity index is 2.23. The number of aliphatic hydroxyl groups excluding tert-OH is 1. The van der Waals surface area contributed by atoms with Crippen LogP contribution in [0.15, 0.2) is 12.1 Å². The lowest BCUT2D eigenvalue weighted by Gasteiger charge is -2.35. The van der Waals surface area contributed by atoms with Crippen LogP contribution < -0.4 is 4.90 Å². The first-order chi connectivity index (χ1) is 8.08. The van der Waals surface area contributed by atoms with Gasteiger partial charge >= 0.3 is 0 Å². The highest BCUT2D eigenvalue weighted by Crippen LogP contribution is 2.28. The lowest BCUT2D eigenvalue weighted by molar-refractivity contribution is 0.281. The number of aliphatic hydroxyl groups is 1. The first-order valence-corrected chi connectivity index (χ1v) is 7.01. The molecule has 1 saturated heterocycles. The SMILES string of the molecule is Cc1cc(CO)cc(N2CC(C)SC(C)C2)n1. The van der Waals surface area contributed by atoms with Crippen LogP contribution in [0.4, 0.5) is 5.82 Å². The largest absolute Gasteiger partial charge is 0.392 e. The fourth-order valence-corrected chi connectivity index (χ4v) is 3.66. The number of nitrogens with zero attached hydrogens (tertiary/aromatic N) is 2. The molecule has 1 aromatic heterocycles. The fourth-order valence-electron chi connectivity index (χ4n) is 2.34. The second-order valence-corrected chi connectivity index (χ2v) is 6.68. The van der Waals surface area contributed by atoms with Gasteiger partial charge in [0, 0.05) is 29.3 Å². The van der Waals surface area contributed by atoms with Gasteiger partial charge in [0.25, 0.3) is 0 Å². The molecule has 1 fully saturated rings. The summed E-state index contributed by atoms with van der Waals surface area (Å²) >= 11 is 2.03. The minimum atomic E-state index is 0.0874. The summed E-state index contributed by atoms with van der Waals surface area (Å²) in [5, 5.41) is 10.5. The number of aryl methyl sites for hydroxylation is 1. The molecule has 3 nitrogen and oxygen atoms in total. The lowest BCUT2D eigenvalue weighted by atomic mass is 10.2. The zero-order valence-corrected chi connectivity index (χ0v) is 11.5. The van der Waals surface area contributed by atoms with Crippen molar-refractivity contribution in [1.29, 1.82) is 0 Å². The van der Waals surface area contributed by atoms with Gasteiger partial charge in [-0.05, 0) is 24.6 Å². The monoisotopic (exact) mass is 252 g/mol. The Morgan fingerprint density at radius 2 is 2.00 bits per heavy atom. The molecule has 1 aromatic rings. The molecule has 0 aromatic carbocycles. The van der Waals surface area contributed by atoms with E-state index in [1.54, 1.807) is 0 Å². The van der Waals surface area contributed by atoms with Crippen LogP contribution in [0.5, 0.6) is 0 Å². The second kappa shape index (κ2) is 5.27. The summed E-state index contributed by atoms with van der Waals surface area (Å²) in [6, 6.07) is 3.94. The summed E-state index contributed by atoms with van der Waals surface area (Å²) in [7, 11) is 0. The molecular weight excluding hydrogens is 232 g/mol. The van der Waals surface area contributed by atoms with Crippen molar-refractivity contribution >= 4 is 17.6 Å². The molecular formula is C13H20N2OS. The Labute approximate surface area is 107 Å². The second-order valence-electron chi connectivity index (χ2n) is 4.80. The molecule has 17 heavy (non-hydrogen) atoms. The summed E-state index contributed by atoms with van der Waals surface area (Å²) in [4.78, 5) is 6.91. The highest BCUT2D eigenvalue weighted by atomic mass is 32.2. The number of pyridine rings is 1. The van der Waals surface area contributed by atoms with E-state index in [-0.39, 0.29) is 6.61 Å². The van der Waals surface area contributed by atoms with E-state index in [1.807, 2.05) is 30.8 Å². The zero-order valence-electron chi connectivity index (χ0n) is 10.7. The van der Waals surface area contributed by atoms with E-state index in [1.165, 1.54) is 0 Å². The van der Waals surface area contributed by atoms with Crippen molar-refractivity contribution in [3.63, 3.8) is 0 Å². The minimum absolute atomic E-state index is 0.0874. The van der Waals surface area contributed by atoms with Crippen LogP contribution in [-0.4, -0.2) is 33.7 Å². The molecule has 0 amide bonds. The molecule has 0 saturated carbocycles. The van der Waals surface area contributed by atoms with Crippen molar-refractivity contribution in [2.75, 3.05) is 18.0 Å². The van der Waals surface area contributed by atoms with Crippen LogP contribution in [0.1, 0.15) is 25.1 Å². The van der Waals surface area contributed by atoms with Crippen molar-refractivity contribution in [3.05, 3.63) is 23.4 Å². The molecule has 0 aliphatic carbocycles. The number of rotatable bonds is 2. The van der Waals surface area contributed by atoms with Gasteiger partial charge in [-0.15, -0.1) is 0 Å². The van der Waals surface area contributed by atoms with Crippen molar-refractivity contribution in [2.24, 2.45) is 0 Å². The van der Waals surface area contributed by atoms with E-state index in [0.717, 1.165) is 30.2 Å². The average Bonchev–Trinajstić information content (AvgIpc) is 2.26. The highest BCUT2D eigenvalue weighted by molar-refractivity contribution is 8.00. The first-order valence-electron chi connectivity index (χ1n) is 6.07. The van der Waals surface area contributed by atoms with Gasteiger partial charge in [0.15, 0.2) is 0 Å². The molecule has 2 atom stereocenters. The predicted octanol–water partition coefficient (Wildman–Crippen LogP) is 2.21. The van der Waals surface area contributed by atoms with Crippen LogP contribution in [-0.2, 0) is 6.61 Å².